The molecule has 1 aromatic heterocycles. The van der Waals surface area contributed by atoms with Crippen LogP contribution in [0.3, 0.4) is 0 Å². The van der Waals surface area contributed by atoms with Crippen molar-refractivity contribution in [2.24, 2.45) is 0 Å². The molecule has 2 aromatic rings. The van der Waals surface area contributed by atoms with E-state index in [1.165, 1.54) is 0 Å². The van der Waals surface area contributed by atoms with Gasteiger partial charge >= 0.3 is 0 Å². The number of nitrogens with one attached hydrogen (secondary N) is 1. The first-order chi connectivity index (χ1) is 8.13. The van der Waals surface area contributed by atoms with Gasteiger partial charge in [-0.1, -0.05) is 12.1 Å². The van der Waals surface area contributed by atoms with Gasteiger partial charge in [-0.3, -0.25) is 14.4 Å². The molecule has 2 rings (SSSR count). The molecule has 5 nitrogen and oxygen atoms in total. The molecule has 0 saturated carbocycles. The third-order valence-corrected chi connectivity index (χ3v) is 2.33. The molecule has 0 aliphatic rings. The second-order valence-electron chi connectivity index (χ2n) is 3.47. The molecule has 0 unspecified atom stereocenters. The van der Waals surface area contributed by atoms with E-state index in [1.807, 2.05) is 0 Å². The molecule has 0 aliphatic carbocycles. The van der Waals surface area contributed by atoms with E-state index in [1.54, 1.807) is 31.2 Å². The van der Waals surface area contributed by atoms with E-state index in [9.17, 15) is 14.4 Å². The lowest BCUT2D eigenvalue weighted by molar-refractivity contribution is -0.127. The fourth-order valence-electron chi connectivity index (χ4n) is 1.55. The highest BCUT2D eigenvalue weighted by Crippen LogP contribution is 2.17. The first-order valence-electron chi connectivity index (χ1n) is 4.92. The molecule has 0 radical (unpaired) electrons. The highest BCUT2D eigenvalue weighted by molar-refractivity contribution is 6.29. The molecular formula is C12H9NO4. The maximum absolute atomic E-state index is 12.0. The summed E-state index contributed by atoms with van der Waals surface area (Å²) in [5, 5.41) is 2.57. The molecule has 1 amide bonds. The SMILES string of the molecule is Cc1oc2ccccc2c(=O)c1NC(=O)C=O. The zero-order valence-corrected chi connectivity index (χ0v) is 9.02. The lowest BCUT2D eigenvalue weighted by atomic mass is 10.2. The minimum absolute atomic E-state index is 0.000741. The van der Waals surface area contributed by atoms with Crippen LogP contribution in [0.2, 0.25) is 0 Å². The third-order valence-electron chi connectivity index (χ3n) is 2.33. The average molecular weight is 231 g/mol. The second-order valence-corrected chi connectivity index (χ2v) is 3.47. The topological polar surface area (TPSA) is 76.4 Å². The van der Waals surface area contributed by atoms with Crippen LogP contribution in [0.15, 0.2) is 33.5 Å². The number of hydrogen-bond donors (Lipinski definition) is 1. The second kappa shape index (κ2) is 4.21. The van der Waals surface area contributed by atoms with Gasteiger partial charge in [-0.15, -0.1) is 0 Å². The van der Waals surface area contributed by atoms with Crippen LogP contribution in [0.1, 0.15) is 5.76 Å². The number of aryl methyl sites for hydroxylation is 1. The summed E-state index contributed by atoms with van der Waals surface area (Å²) in [5.41, 5.74) is 0.0828. The Morgan fingerprint density at radius 3 is 2.76 bits per heavy atom. The van der Waals surface area contributed by atoms with Crippen LogP contribution in [0, 0.1) is 6.92 Å². The fraction of sp³-hybridized carbons (Fsp3) is 0.0833. The number of anilines is 1. The quantitative estimate of drug-likeness (QED) is 0.623. The zero-order chi connectivity index (χ0) is 12.4. The number of amides is 1. The van der Waals surface area contributed by atoms with E-state index >= 15 is 0 Å². The number of carbonyl (C=O) groups is 2. The van der Waals surface area contributed by atoms with Crippen molar-refractivity contribution in [3.05, 3.63) is 40.2 Å². The van der Waals surface area contributed by atoms with Crippen LogP contribution in [-0.4, -0.2) is 12.2 Å². The van der Waals surface area contributed by atoms with Gasteiger partial charge in [0.15, 0.2) is 0 Å². The van der Waals surface area contributed by atoms with E-state index < -0.39 is 5.91 Å². The molecule has 86 valence electrons. The molecule has 0 saturated heterocycles. The molecule has 0 fully saturated rings. The minimum atomic E-state index is -0.879. The molecule has 0 bridgehead atoms. The summed E-state index contributed by atoms with van der Waals surface area (Å²) in [4.78, 5) is 33.2. The van der Waals surface area contributed by atoms with Gasteiger partial charge in [-0.25, -0.2) is 0 Å². The number of para-hydroxylation sites is 1. The van der Waals surface area contributed by atoms with Gasteiger partial charge in [-0.05, 0) is 19.1 Å². The summed E-state index contributed by atoms with van der Waals surface area (Å²) in [5.74, 6) is -0.611. The normalized spacial score (nSPS) is 10.2. The van der Waals surface area contributed by atoms with E-state index in [-0.39, 0.29) is 23.2 Å². The Hall–Kier alpha value is -2.43. The van der Waals surface area contributed by atoms with E-state index in [0.29, 0.717) is 11.0 Å². The molecule has 5 heteroatoms. The number of hydrogen-bond acceptors (Lipinski definition) is 4. The maximum atomic E-state index is 12.0. The van der Waals surface area contributed by atoms with Gasteiger partial charge < -0.3 is 9.73 Å². The molecule has 1 aromatic carbocycles. The summed E-state index contributed by atoms with van der Waals surface area (Å²) < 4.78 is 5.39. The summed E-state index contributed by atoms with van der Waals surface area (Å²) in [7, 11) is 0. The summed E-state index contributed by atoms with van der Waals surface area (Å²) >= 11 is 0. The molecule has 1 N–H and O–H groups in total. The van der Waals surface area contributed by atoms with Crippen LogP contribution in [-0.2, 0) is 9.59 Å². The van der Waals surface area contributed by atoms with Crippen LogP contribution in [0.5, 0.6) is 0 Å². The van der Waals surface area contributed by atoms with Crippen LogP contribution in [0.4, 0.5) is 5.69 Å². The van der Waals surface area contributed by atoms with Crippen molar-refractivity contribution in [3.63, 3.8) is 0 Å². The smallest absolute Gasteiger partial charge is 0.288 e. The number of benzene rings is 1. The van der Waals surface area contributed by atoms with E-state index in [0.717, 1.165) is 0 Å². The Morgan fingerprint density at radius 2 is 2.06 bits per heavy atom. The van der Waals surface area contributed by atoms with Gasteiger partial charge in [0.1, 0.15) is 17.0 Å². The standard InChI is InChI=1S/C12H9NO4/c1-7-11(13-10(15)6-14)12(16)8-4-2-3-5-9(8)17-7/h2-6H,1H3,(H,13,15). The summed E-state index contributed by atoms with van der Waals surface area (Å²) in [6.07, 6.45) is 0.105. The number of rotatable bonds is 2. The minimum Gasteiger partial charge on any atom is -0.459 e. The van der Waals surface area contributed by atoms with Crippen molar-refractivity contribution in [2.45, 2.75) is 6.92 Å². The Labute approximate surface area is 96.0 Å². The first-order valence-corrected chi connectivity index (χ1v) is 4.92. The highest BCUT2D eigenvalue weighted by atomic mass is 16.3. The summed E-state index contributed by atoms with van der Waals surface area (Å²) in [6, 6.07) is 6.69. The Bertz CT molecular complexity index is 657. The van der Waals surface area contributed by atoms with E-state index in [4.69, 9.17) is 4.42 Å². The van der Waals surface area contributed by atoms with Gasteiger partial charge in [0.25, 0.3) is 5.91 Å². The number of carbonyl (C=O) groups excluding carboxylic acids is 2. The van der Waals surface area contributed by atoms with Gasteiger partial charge in [0, 0.05) is 0 Å². The Kier molecular flexibility index (Phi) is 2.74. The molecule has 0 aliphatic heterocycles. The third kappa shape index (κ3) is 1.94. The van der Waals surface area contributed by atoms with Gasteiger partial charge in [0.2, 0.25) is 11.7 Å². The van der Waals surface area contributed by atoms with Gasteiger partial charge in [0.05, 0.1) is 5.39 Å². The lowest BCUT2D eigenvalue weighted by Gasteiger charge is -2.05. The molecular weight excluding hydrogens is 222 g/mol. The molecule has 17 heavy (non-hydrogen) atoms. The van der Waals surface area contributed by atoms with Crippen LogP contribution in [0.25, 0.3) is 11.0 Å². The maximum Gasteiger partial charge on any atom is 0.288 e. The van der Waals surface area contributed by atoms with Gasteiger partial charge in [-0.2, -0.15) is 0 Å². The predicted molar refractivity (Wildman–Crippen MR) is 61.9 cm³/mol. The summed E-state index contributed by atoms with van der Waals surface area (Å²) in [6.45, 7) is 1.55. The monoisotopic (exact) mass is 231 g/mol. The number of aldehydes is 1. The van der Waals surface area contributed by atoms with Crippen molar-refractivity contribution in [1.82, 2.24) is 0 Å². The largest absolute Gasteiger partial charge is 0.459 e. The Balaban J connectivity index is 2.68. The van der Waals surface area contributed by atoms with E-state index in [2.05, 4.69) is 5.32 Å². The molecule has 0 atom stereocenters. The van der Waals surface area contributed by atoms with Crippen molar-refractivity contribution in [1.29, 1.82) is 0 Å². The van der Waals surface area contributed by atoms with Crippen LogP contribution >= 0.6 is 0 Å². The zero-order valence-electron chi connectivity index (χ0n) is 9.02. The fourth-order valence-corrected chi connectivity index (χ4v) is 1.55. The molecule has 1 heterocycles. The van der Waals surface area contributed by atoms with Crippen molar-refractivity contribution in [3.8, 4) is 0 Å². The average Bonchev–Trinajstić information content (AvgIpc) is 2.34. The van der Waals surface area contributed by atoms with Crippen molar-refractivity contribution < 1.29 is 14.0 Å². The number of fused-ring (bicyclic) bond motifs is 1. The Morgan fingerprint density at radius 1 is 1.35 bits per heavy atom. The molecule has 0 spiro atoms. The van der Waals surface area contributed by atoms with Crippen molar-refractivity contribution >= 4 is 28.8 Å². The lowest BCUT2D eigenvalue weighted by Crippen LogP contribution is -2.20. The first kappa shape index (κ1) is 11.1. The van der Waals surface area contributed by atoms with Crippen LogP contribution < -0.4 is 10.7 Å². The van der Waals surface area contributed by atoms with Crippen molar-refractivity contribution in [2.75, 3.05) is 5.32 Å². The highest BCUT2D eigenvalue weighted by Gasteiger charge is 2.12. The predicted octanol–water partition coefficient (Wildman–Crippen LogP) is 1.24.